The molecule has 0 aliphatic rings. The highest BCUT2D eigenvalue weighted by Gasteiger charge is 2.26. The fourth-order valence-electron chi connectivity index (χ4n) is 2.39. The zero-order valence-corrected chi connectivity index (χ0v) is 11.9. The van der Waals surface area contributed by atoms with Gasteiger partial charge in [-0.15, -0.1) is 0 Å². The highest BCUT2D eigenvalue weighted by atomic mass is 15.1. The monoisotopic (exact) mass is 235 g/mol. The fourth-order valence-corrected chi connectivity index (χ4v) is 2.39. The van der Waals surface area contributed by atoms with Gasteiger partial charge < -0.3 is 11.1 Å². The molecule has 0 amide bonds. The second kappa shape index (κ2) is 4.55. The van der Waals surface area contributed by atoms with Crippen molar-refractivity contribution in [1.82, 2.24) is 4.98 Å². The van der Waals surface area contributed by atoms with E-state index in [0.717, 1.165) is 17.8 Å². The molecule has 3 N–H and O–H groups in total. The number of pyridine rings is 1. The molecule has 1 heterocycles. The van der Waals surface area contributed by atoms with Crippen molar-refractivity contribution in [2.24, 2.45) is 5.41 Å². The van der Waals surface area contributed by atoms with Gasteiger partial charge in [0.25, 0.3) is 0 Å². The summed E-state index contributed by atoms with van der Waals surface area (Å²) in [7, 11) is 0. The molecule has 0 atom stereocenters. The first-order chi connectivity index (χ1) is 7.59. The molecule has 0 bridgehead atoms. The summed E-state index contributed by atoms with van der Waals surface area (Å²) in [6.45, 7) is 13.1. The van der Waals surface area contributed by atoms with Gasteiger partial charge >= 0.3 is 0 Å². The molecule has 0 saturated carbocycles. The summed E-state index contributed by atoms with van der Waals surface area (Å²) in [6.07, 6.45) is 2.89. The average molecular weight is 235 g/mol. The van der Waals surface area contributed by atoms with Crippen LogP contribution in [0.25, 0.3) is 0 Å². The summed E-state index contributed by atoms with van der Waals surface area (Å²) in [6, 6.07) is 1.95. The normalized spacial score (nSPS) is 12.6. The Kier molecular flexibility index (Phi) is 3.70. The van der Waals surface area contributed by atoms with E-state index in [1.165, 1.54) is 0 Å². The predicted octanol–water partition coefficient (Wildman–Crippen LogP) is 3.60. The Balaban J connectivity index is 2.83. The van der Waals surface area contributed by atoms with E-state index in [9.17, 15) is 0 Å². The first-order valence-corrected chi connectivity index (χ1v) is 6.09. The zero-order chi connectivity index (χ0) is 13.3. The van der Waals surface area contributed by atoms with Crippen LogP contribution in [0.2, 0.25) is 0 Å². The Morgan fingerprint density at radius 1 is 1.24 bits per heavy atom. The molecule has 3 heteroatoms. The topological polar surface area (TPSA) is 50.9 Å². The number of nitrogens with zero attached hydrogens (tertiary/aromatic N) is 1. The van der Waals surface area contributed by atoms with Crippen LogP contribution >= 0.6 is 0 Å². The first kappa shape index (κ1) is 13.8. The molecule has 96 valence electrons. The number of aromatic nitrogens is 1. The zero-order valence-electron chi connectivity index (χ0n) is 11.9. The van der Waals surface area contributed by atoms with E-state index in [2.05, 4.69) is 44.9 Å². The van der Waals surface area contributed by atoms with E-state index in [1.54, 1.807) is 0 Å². The van der Waals surface area contributed by atoms with E-state index in [-0.39, 0.29) is 11.0 Å². The van der Waals surface area contributed by atoms with Crippen molar-refractivity contribution in [3.05, 3.63) is 17.8 Å². The number of nitrogen functional groups attached to an aromatic ring is 1. The van der Waals surface area contributed by atoms with Crippen molar-refractivity contribution >= 4 is 11.5 Å². The standard InChI is InChI=1S/C14H25N3/c1-10-7-11(15)12(16-8-10)17-14(5,6)9-13(2,3)4/h7-8H,9,15H2,1-6H3,(H,16,17). The van der Waals surface area contributed by atoms with Crippen LogP contribution in [-0.4, -0.2) is 10.5 Å². The molecular formula is C14H25N3. The lowest BCUT2D eigenvalue weighted by molar-refractivity contribution is 0.302. The van der Waals surface area contributed by atoms with Crippen LogP contribution in [0.5, 0.6) is 0 Å². The highest BCUT2D eigenvalue weighted by molar-refractivity contribution is 5.62. The third kappa shape index (κ3) is 4.63. The highest BCUT2D eigenvalue weighted by Crippen LogP contribution is 2.30. The Hall–Kier alpha value is -1.25. The molecule has 0 saturated heterocycles. The van der Waals surface area contributed by atoms with Crippen LogP contribution < -0.4 is 11.1 Å². The van der Waals surface area contributed by atoms with Gasteiger partial charge in [0.2, 0.25) is 0 Å². The van der Waals surface area contributed by atoms with Gasteiger partial charge in [-0.05, 0) is 44.2 Å². The van der Waals surface area contributed by atoms with E-state index in [1.807, 2.05) is 19.2 Å². The van der Waals surface area contributed by atoms with Crippen LogP contribution in [0, 0.1) is 12.3 Å². The van der Waals surface area contributed by atoms with Gasteiger partial charge in [0, 0.05) is 11.7 Å². The molecule has 0 unspecified atom stereocenters. The Morgan fingerprint density at radius 2 is 1.82 bits per heavy atom. The summed E-state index contributed by atoms with van der Waals surface area (Å²) >= 11 is 0. The minimum absolute atomic E-state index is 0.0192. The third-order valence-electron chi connectivity index (χ3n) is 2.48. The maximum atomic E-state index is 5.97. The van der Waals surface area contributed by atoms with Crippen molar-refractivity contribution in [3.8, 4) is 0 Å². The maximum absolute atomic E-state index is 5.97. The number of anilines is 2. The second-order valence-corrected chi connectivity index (χ2v) is 6.70. The second-order valence-electron chi connectivity index (χ2n) is 6.70. The quantitative estimate of drug-likeness (QED) is 0.841. The summed E-state index contributed by atoms with van der Waals surface area (Å²) < 4.78 is 0. The molecule has 3 nitrogen and oxygen atoms in total. The van der Waals surface area contributed by atoms with Gasteiger partial charge in [0.1, 0.15) is 5.82 Å². The molecular weight excluding hydrogens is 210 g/mol. The van der Waals surface area contributed by atoms with E-state index in [4.69, 9.17) is 5.73 Å². The van der Waals surface area contributed by atoms with Crippen LogP contribution in [-0.2, 0) is 0 Å². The summed E-state index contributed by atoms with van der Waals surface area (Å²) in [5, 5.41) is 3.43. The van der Waals surface area contributed by atoms with Crippen molar-refractivity contribution in [2.45, 2.75) is 53.5 Å². The summed E-state index contributed by atoms with van der Waals surface area (Å²) in [4.78, 5) is 4.36. The average Bonchev–Trinajstić information content (AvgIpc) is 2.05. The van der Waals surface area contributed by atoms with Gasteiger partial charge in [-0.1, -0.05) is 20.8 Å². The lowest BCUT2D eigenvalue weighted by Gasteiger charge is -2.34. The van der Waals surface area contributed by atoms with Crippen molar-refractivity contribution in [1.29, 1.82) is 0 Å². The lowest BCUT2D eigenvalue weighted by atomic mass is 9.82. The van der Waals surface area contributed by atoms with Gasteiger partial charge in [-0.25, -0.2) is 4.98 Å². The summed E-state index contributed by atoms with van der Waals surface area (Å²) in [5.74, 6) is 0.782. The number of nitrogens with one attached hydrogen (secondary N) is 1. The van der Waals surface area contributed by atoms with Crippen LogP contribution in [0.4, 0.5) is 11.5 Å². The molecule has 0 spiro atoms. The molecule has 0 aliphatic heterocycles. The largest absolute Gasteiger partial charge is 0.396 e. The minimum atomic E-state index is -0.0192. The molecule has 1 aromatic heterocycles. The number of aryl methyl sites for hydroxylation is 1. The Morgan fingerprint density at radius 3 is 2.29 bits per heavy atom. The number of hydrogen-bond acceptors (Lipinski definition) is 3. The number of rotatable bonds is 3. The first-order valence-electron chi connectivity index (χ1n) is 6.09. The van der Waals surface area contributed by atoms with Crippen molar-refractivity contribution in [2.75, 3.05) is 11.1 Å². The predicted molar refractivity (Wildman–Crippen MR) is 75.2 cm³/mol. The number of hydrogen-bond donors (Lipinski definition) is 2. The van der Waals surface area contributed by atoms with E-state index < -0.39 is 0 Å². The lowest BCUT2D eigenvalue weighted by Crippen LogP contribution is -2.36. The molecule has 1 rings (SSSR count). The van der Waals surface area contributed by atoms with Crippen molar-refractivity contribution < 1.29 is 0 Å². The third-order valence-corrected chi connectivity index (χ3v) is 2.48. The number of nitrogens with two attached hydrogens (primary N) is 1. The van der Waals surface area contributed by atoms with Crippen LogP contribution in [0.15, 0.2) is 12.3 Å². The van der Waals surface area contributed by atoms with E-state index >= 15 is 0 Å². The molecule has 1 aromatic rings. The van der Waals surface area contributed by atoms with Crippen molar-refractivity contribution in [3.63, 3.8) is 0 Å². The van der Waals surface area contributed by atoms with Gasteiger partial charge in [0.05, 0.1) is 5.69 Å². The Bertz CT molecular complexity index is 389. The van der Waals surface area contributed by atoms with E-state index in [0.29, 0.717) is 5.69 Å². The molecule has 0 aliphatic carbocycles. The van der Waals surface area contributed by atoms with Gasteiger partial charge in [0.15, 0.2) is 0 Å². The molecule has 17 heavy (non-hydrogen) atoms. The minimum Gasteiger partial charge on any atom is -0.396 e. The summed E-state index contributed by atoms with van der Waals surface area (Å²) in [5.41, 5.74) is 8.02. The maximum Gasteiger partial charge on any atom is 0.149 e. The van der Waals surface area contributed by atoms with Crippen LogP contribution in [0.1, 0.15) is 46.6 Å². The fraction of sp³-hybridized carbons (Fsp3) is 0.643. The van der Waals surface area contributed by atoms with Gasteiger partial charge in [-0.2, -0.15) is 0 Å². The van der Waals surface area contributed by atoms with Gasteiger partial charge in [-0.3, -0.25) is 0 Å². The van der Waals surface area contributed by atoms with Crippen LogP contribution in [0.3, 0.4) is 0 Å². The molecule has 0 radical (unpaired) electrons. The molecule has 0 fully saturated rings. The molecule has 0 aromatic carbocycles. The smallest absolute Gasteiger partial charge is 0.149 e. The Labute approximate surface area is 105 Å². The SMILES string of the molecule is Cc1cnc(NC(C)(C)CC(C)(C)C)c(N)c1.